The Morgan fingerprint density at radius 1 is 1.18 bits per heavy atom. The predicted molar refractivity (Wildman–Crippen MR) is 107 cm³/mol. The third-order valence-electron chi connectivity index (χ3n) is 4.58. The van der Waals surface area contributed by atoms with Crippen molar-refractivity contribution in [2.24, 2.45) is 0 Å². The molecule has 1 heterocycles. The first-order chi connectivity index (χ1) is 13.2. The molecule has 2 aromatic carbocycles. The molecule has 0 aliphatic carbocycles. The van der Waals surface area contributed by atoms with E-state index in [0.717, 1.165) is 11.0 Å². The third-order valence-corrected chi connectivity index (χ3v) is 6.10. The number of hydrogen-bond donors (Lipinski definition) is 1. The van der Waals surface area contributed by atoms with E-state index in [1.165, 1.54) is 12.1 Å². The lowest BCUT2D eigenvalue weighted by Gasteiger charge is -2.15. The molecule has 0 radical (unpaired) electrons. The van der Waals surface area contributed by atoms with Crippen LogP contribution in [0.15, 0.2) is 65.8 Å². The Hall–Kier alpha value is -2.60. The molecule has 28 heavy (non-hydrogen) atoms. The maximum atomic E-state index is 12.4. The molecule has 6 nitrogen and oxygen atoms in total. The van der Waals surface area contributed by atoms with Gasteiger partial charge in [-0.3, -0.25) is 0 Å². The first kappa shape index (κ1) is 20.1. The highest BCUT2D eigenvalue weighted by molar-refractivity contribution is 7.89. The summed E-state index contributed by atoms with van der Waals surface area (Å²) in [6, 6.07) is 15.6. The standard InChI is InChI=1S/C20H21BN2O4S/c1-15-20(2,3)27-21(26-15)18-10-8-16(9-11-18)12-13-23-28(24,25)19-7-5-4-6-17(19)14-22/h4-11,23H,1,12-13H2,2-3H3. The summed E-state index contributed by atoms with van der Waals surface area (Å²) < 4.78 is 38.9. The fourth-order valence-electron chi connectivity index (χ4n) is 2.81. The van der Waals surface area contributed by atoms with Crippen molar-refractivity contribution < 1.29 is 17.7 Å². The van der Waals surface area contributed by atoms with Gasteiger partial charge in [0.2, 0.25) is 10.0 Å². The van der Waals surface area contributed by atoms with Crippen LogP contribution in [-0.4, -0.2) is 27.7 Å². The van der Waals surface area contributed by atoms with Crippen molar-refractivity contribution in [3.63, 3.8) is 0 Å². The van der Waals surface area contributed by atoms with E-state index in [9.17, 15) is 8.42 Å². The van der Waals surface area contributed by atoms with Crippen molar-refractivity contribution in [2.45, 2.75) is 30.8 Å². The molecule has 0 atom stereocenters. The summed E-state index contributed by atoms with van der Waals surface area (Å²) in [4.78, 5) is -0.00813. The van der Waals surface area contributed by atoms with Crippen LogP contribution in [0, 0.1) is 11.3 Å². The molecule has 0 saturated carbocycles. The van der Waals surface area contributed by atoms with Crippen LogP contribution < -0.4 is 10.2 Å². The average molecular weight is 396 g/mol. The summed E-state index contributed by atoms with van der Waals surface area (Å²) in [5, 5.41) is 9.08. The molecule has 0 amide bonds. The van der Waals surface area contributed by atoms with Gasteiger partial charge in [-0.05, 0) is 43.4 Å². The number of benzene rings is 2. The predicted octanol–water partition coefficient (Wildman–Crippen LogP) is 2.11. The van der Waals surface area contributed by atoms with E-state index in [1.54, 1.807) is 12.1 Å². The van der Waals surface area contributed by atoms with Crippen LogP contribution in [0.3, 0.4) is 0 Å². The minimum Gasteiger partial charge on any atom is -0.534 e. The minimum absolute atomic E-state index is 0.00813. The molecular formula is C20H21BN2O4S. The number of rotatable bonds is 6. The number of nitriles is 1. The summed E-state index contributed by atoms with van der Waals surface area (Å²) >= 11 is 0. The Labute approximate surface area is 166 Å². The van der Waals surface area contributed by atoms with Gasteiger partial charge in [-0.15, -0.1) is 0 Å². The molecule has 1 aliphatic heterocycles. The Balaban J connectivity index is 1.60. The SMILES string of the molecule is C=C1OB(c2ccc(CCNS(=O)(=O)c3ccccc3C#N)cc2)OC1(C)C. The van der Waals surface area contributed by atoms with Gasteiger partial charge in [0.25, 0.3) is 0 Å². The lowest BCUT2D eigenvalue weighted by atomic mass is 9.79. The Morgan fingerprint density at radius 3 is 2.46 bits per heavy atom. The van der Waals surface area contributed by atoms with Crippen molar-refractivity contribution in [1.29, 1.82) is 5.26 Å². The number of sulfonamides is 1. The van der Waals surface area contributed by atoms with Gasteiger partial charge in [-0.1, -0.05) is 43.0 Å². The van der Waals surface area contributed by atoms with E-state index in [2.05, 4.69) is 11.3 Å². The van der Waals surface area contributed by atoms with Crippen LogP contribution in [0.2, 0.25) is 0 Å². The van der Waals surface area contributed by atoms with Gasteiger partial charge < -0.3 is 9.31 Å². The van der Waals surface area contributed by atoms with Crippen molar-refractivity contribution >= 4 is 22.6 Å². The zero-order valence-corrected chi connectivity index (χ0v) is 16.6. The lowest BCUT2D eigenvalue weighted by molar-refractivity contribution is 0.173. The maximum absolute atomic E-state index is 12.4. The summed E-state index contributed by atoms with van der Waals surface area (Å²) in [5.41, 5.74) is 1.44. The van der Waals surface area contributed by atoms with Gasteiger partial charge in [0.1, 0.15) is 11.7 Å². The molecule has 0 bridgehead atoms. The number of nitrogens with one attached hydrogen (secondary N) is 1. The zero-order chi connectivity index (χ0) is 20.4. The fourth-order valence-corrected chi connectivity index (χ4v) is 3.99. The summed E-state index contributed by atoms with van der Waals surface area (Å²) in [6.45, 7) is 7.90. The molecule has 2 aromatic rings. The molecule has 0 unspecified atom stereocenters. The van der Waals surface area contributed by atoms with E-state index in [-0.39, 0.29) is 17.0 Å². The van der Waals surface area contributed by atoms with E-state index in [0.29, 0.717) is 12.2 Å². The fraction of sp³-hybridized carbons (Fsp3) is 0.250. The van der Waals surface area contributed by atoms with E-state index < -0.39 is 22.7 Å². The smallest absolute Gasteiger partial charge is 0.534 e. The van der Waals surface area contributed by atoms with Crippen molar-refractivity contribution in [3.05, 3.63) is 72.0 Å². The first-order valence-corrected chi connectivity index (χ1v) is 10.3. The Kier molecular flexibility index (Phi) is 5.61. The van der Waals surface area contributed by atoms with Crippen molar-refractivity contribution in [3.8, 4) is 6.07 Å². The molecular weight excluding hydrogens is 375 g/mol. The van der Waals surface area contributed by atoms with Gasteiger partial charge >= 0.3 is 7.12 Å². The van der Waals surface area contributed by atoms with Crippen LogP contribution in [0.4, 0.5) is 0 Å². The highest BCUT2D eigenvalue weighted by Crippen LogP contribution is 2.29. The molecule has 0 spiro atoms. The molecule has 144 valence electrons. The largest absolute Gasteiger partial charge is 0.563 e. The van der Waals surface area contributed by atoms with Gasteiger partial charge in [0.05, 0.1) is 16.2 Å². The monoisotopic (exact) mass is 396 g/mol. The zero-order valence-electron chi connectivity index (χ0n) is 15.8. The van der Waals surface area contributed by atoms with E-state index in [4.69, 9.17) is 14.6 Å². The van der Waals surface area contributed by atoms with Crippen molar-refractivity contribution in [1.82, 2.24) is 4.72 Å². The van der Waals surface area contributed by atoms with Crippen LogP contribution in [-0.2, 0) is 25.8 Å². The molecule has 8 heteroatoms. The van der Waals surface area contributed by atoms with Gasteiger partial charge in [0.15, 0.2) is 0 Å². The number of hydrogen-bond acceptors (Lipinski definition) is 5. The van der Waals surface area contributed by atoms with Crippen LogP contribution >= 0.6 is 0 Å². The summed E-state index contributed by atoms with van der Waals surface area (Å²) in [6.07, 6.45) is 0.513. The molecule has 1 aliphatic rings. The molecule has 1 fully saturated rings. The maximum Gasteiger partial charge on any atom is 0.563 e. The van der Waals surface area contributed by atoms with Crippen LogP contribution in [0.25, 0.3) is 0 Å². The normalized spacial score (nSPS) is 15.9. The lowest BCUT2D eigenvalue weighted by Crippen LogP contribution is -2.34. The molecule has 1 N–H and O–H groups in total. The highest BCUT2D eigenvalue weighted by Gasteiger charge is 2.42. The third kappa shape index (κ3) is 4.28. The van der Waals surface area contributed by atoms with Gasteiger partial charge in [-0.25, -0.2) is 13.1 Å². The first-order valence-electron chi connectivity index (χ1n) is 8.84. The molecule has 3 rings (SSSR count). The second-order valence-corrected chi connectivity index (χ2v) is 8.73. The Morgan fingerprint density at radius 2 is 1.86 bits per heavy atom. The quantitative estimate of drug-likeness (QED) is 0.756. The van der Waals surface area contributed by atoms with Crippen LogP contribution in [0.1, 0.15) is 25.0 Å². The summed E-state index contributed by atoms with van der Waals surface area (Å²) in [7, 11) is -4.22. The van der Waals surface area contributed by atoms with E-state index in [1.807, 2.05) is 44.2 Å². The molecule has 1 saturated heterocycles. The second-order valence-electron chi connectivity index (χ2n) is 7.00. The summed E-state index contributed by atoms with van der Waals surface area (Å²) in [5.74, 6) is 0.591. The number of nitrogens with zero attached hydrogens (tertiary/aromatic N) is 1. The van der Waals surface area contributed by atoms with Crippen LogP contribution in [0.5, 0.6) is 0 Å². The van der Waals surface area contributed by atoms with E-state index >= 15 is 0 Å². The van der Waals surface area contributed by atoms with Gasteiger partial charge in [0, 0.05) is 6.54 Å². The minimum atomic E-state index is -3.74. The molecule has 0 aromatic heterocycles. The van der Waals surface area contributed by atoms with Crippen molar-refractivity contribution in [2.75, 3.05) is 6.54 Å². The second kappa shape index (κ2) is 7.80. The van der Waals surface area contributed by atoms with Gasteiger partial charge in [-0.2, -0.15) is 5.26 Å². The highest BCUT2D eigenvalue weighted by atomic mass is 32.2. The topological polar surface area (TPSA) is 88.4 Å². The Bertz CT molecular complexity index is 1030. The average Bonchev–Trinajstić information content (AvgIpc) is 2.95.